The zero-order valence-corrected chi connectivity index (χ0v) is 20.7. The molecule has 32 heavy (non-hydrogen) atoms. The third-order valence-corrected chi connectivity index (χ3v) is 8.50. The van der Waals surface area contributed by atoms with Crippen molar-refractivity contribution in [2.24, 2.45) is 22.9 Å². The molecule has 0 aromatic carbocycles. The van der Waals surface area contributed by atoms with Crippen molar-refractivity contribution in [3.05, 3.63) is 0 Å². The first kappa shape index (κ1) is 25.1. The second-order valence-electron chi connectivity index (χ2n) is 10.0. The summed E-state index contributed by atoms with van der Waals surface area (Å²) < 4.78 is 0. The Hall–Kier alpha value is -1.57. The quantitative estimate of drug-likeness (QED) is 0.341. The van der Waals surface area contributed by atoms with Gasteiger partial charge in [0, 0.05) is 24.8 Å². The number of hydrogen-bond donors (Lipinski definition) is 2. The Morgan fingerprint density at radius 1 is 0.969 bits per heavy atom. The van der Waals surface area contributed by atoms with Gasteiger partial charge in [-0.1, -0.05) is 70.6 Å². The molecule has 1 saturated heterocycles. The second-order valence-corrected chi connectivity index (χ2v) is 11.0. The average Bonchev–Trinajstić information content (AvgIpc) is 2.98. The third-order valence-electron chi connectivity index (χ3n) is 7.36. The number of hydrogen-bond acceptors (Lipinski definition) is 5. The van der Waals surface area contributed by atoms with Crippen molar-refractivity contribution >= 4 is 34.5 Å². The number of hydrazone groups is 1. The molecule has 0 spiro atoms. The molecule has 3 rings (SSSR count). The zero-order chi connectivity index (χ0) is 23.1. The molecular formula is C24H40N4O3S. The van der Waals surface area contributed by atoms with E-state index in [0.717, 1.165) is 68.7 Å². The minimum absolute atomic E-state index is 0.0261. The lowest BCUT2D eigenvalue weighted by Crippen LogP contribution is -2.52. The van der Waals surface area contributed by atoms with E-state index in [4.69, 9.17) is 0 Å². The van der Waals surface area contributed by atoms with E-state index in [0.29, 0.717) is 12.0 Å². The standard InChI is InChI=1S/C24H40N4O3S/c1-16(2)19-15-32-24(28(19)3)27-26-23(31)21(29)20(17-11-9-6-10-12-17)25-22(30)18-13-7-4-5-8-14-18/h16-20H,4-15H2,1-3H3,(H,25,30)(H,26,31)/t19-,20?/m0/s1. The van der Waals surface area contributed by atoms with Crippen LogP contribution in [0.5, 0.6) is 0 Å². The monoisotopic (exact) mass is 464 g/mol. The van der Waals surface area contributed by atoms with Crippen molar-refractivity contribution in [2.45, 2.75) is 96.6 Å². The number of nitrogens with one attached hydrogen (secondary N) is 2. The lowest BCUT2D eigenvalue weighted by atomic mass is 9.81. The lowest BCUT2D eigenvalue weighted by molar-refractivity contribution is -0.141. The van der Waals surface area contributed by atoms with Crippen LogP contribution in [0.2, 0.25) is 0 Å². The van der Waals surface area contributed by atoms with Crippen molar-refractivity contribution < 1.29 is 14.4 Å². The van der Waals surface area contributed by atoms with E-state index in [9.17, 15) is 14.4 Å². The van der Waals surface area contributed by atoms with Crippen LogP contribution in [0.1, 0.15) is 84.5 Å². The molecule has 0 radical (unpaired) electrons. The van der Waals surface area contributed by atoms with Gasteiger partial charge >= 0.3 is 5.91 Å². The minimum Gasteiger partial charge on any atom is -0.349 e. The fourth-order valence-electron chi connectivity index (χ4n) is 5.24. The van der Waals surface area contributed by atoms with Crippen LogP contribution in [0.15, 0.2) is 5.10 Å². The molecule has 3 fully saturated rings. The lowest BCUT2D eigenvalue weighted by Gasteiger charge is -2.30. The maximum atomic E-state index is 13.2. The summed E-state index contributed by atoms with van der Waals surface area (Å²) in [6.45, 7) is 4.33. The second kappa shape index (κ2) is 12.1. The minimum atomic E-state index is -0.747. The Labute approximate surface area is 196 Å². The molecule has 7 nitrogen and oxygen atoms in total. The van der Waals surface area contributed by atoms with Crippen LogP contribution in [0.4, 0.5) is 0 Å². The van der Waals surface area contributed by atoms with Crippen LogP contribution in [0, 0.1) is 17.8 Å². The Morgan fingerprint density at radius 2 is 1.56 bits per heavy atom. The molecule has 8 heteroatoms. The Kier molecular flexibility index (Phi) is 9.44. The fourth-order valence-corrected chi connectivity index (χ4v) is 6.62. The van der Waals surface area contributed by atoms with Gasteiger partial charge in [-0.25, -0.2) is 5.43 Å². The molecule has 1 heterocycles. The molecule has 0 bridgehead atoms. The van der Waals surface area contributed by atoms with E-state index in [2.05, 4.69) is 34.6 Å². The summed E-state index contributed by atoms with van der Waals surface area (Å²) >= 11 is 1.59. The molecule has 3 aliphatic rings. The Balaban J connectivity index is 1.65. The maximum Gasteiger partial charge on any atom is 0.309 e. The number of ketones is 1. The molecule has 2 saturated carbocycles. The summed E-state index contributed by atoms with van der Waals surface area (Å²) in [5.74, 6) is 0.0343. The van der Waals surface area contributed by atoms with Crippen molar-refractivity contribution in [3.63, 3.8) is 0 Å². The summed E-state index contributed by atoms with van der Waals surface area (Å²) in [6, 6.07) is -0.385. The van der Waals surface area contributed by atoms with Gasteiger partial charge in [0.15, 0.2) is 5.17 Å². The molecule has 2 amide bonds. The van der Waals surface area contributed by atoms with Crippen LogP contribution in [-0.2, 0) is 14.4 Å². The zero-order valence-electron chi connectivity index (χ0n) is 19.9. The highest BCUT2D eigenvalue weighted by Gasteiger charge is 2.36. The Bertz CT molecular complexity index is 697. The number of carbonyl (C=O) groups is 3. The highest BCUT2D eigenvalue weighted by atomic mass is 32.2. The van der Waals surface area contributed by atoms with E-state index < -0.39 is 17.7 Å². The van der Waals surface area contributed by atoms with E-state index >= 15 is 0 Å². The summed E-state index contributed by atoms with van der Waals surface area (Å²) in [5, 5.41) is 7.97. The summed E-state index contributed by atoms with van der Waals surface area (Å²) in [4.78, 5) is 41.0. The SMILES string of the molecule is CC(C)[C@@H]1CSC(=NNC(=O)C(=O)C(NC(=O)C2CCCCCC2)C2CCCCC2)N1C. The first-order valence-electron chi connectivity index (χ1n) is 12.5. The van der Waals surface area contributed by atoms with Gasteiger partial charge in [0.05, 0.1) is 0 Å². The highest BCUT2D eigenvalue weighted by Crippen LogP contribution is 2.29. The van der Waals surface area contributed by atoms with Crippen molar-refractivity contribution in [3.8, 4) is 0 Å². The van der Waals surface area contributed by atoms with Gasteiger partial charge in [-0.3, -0.25) is 14.4 Å². The topological polar surface area (TPSA) is 90.9 Å². The first-order valence-corrected chi connectivity index (χ1v) is 13.4. The van der Waals surface area contributed by atoms with E-state index in [1.165, 1.54) is 12.8 Å². The van der Waals surface area contributed by atoms with Gasteiger partial charge in [0.25, 0.3) is 0 Å². The van der Waals surface area contributed by atoms with Crippen molar-refractivity contribution in [1.29, 1.82) is 0 Å². The number of amidine groups is 1. The van der Waals surface area contributed by atoms with Gasteiger partial charge in [-0.05, 0) is 37.5 Å². The van der Waals surface area contributed by atoms with Gasteiger partial charge in [-0.2, -0.15) is 0 Å². The molecule has 1 unspecified atom stereocenters. The van der Waals surface area contributed by atoms with Crippen LogP contribution >= 0.6 is 11.8 Å². The van der Waals surface area contributed by atoms with Crippen molar-refractivity contribution in [1.82, 2.24) is 15.6 Å². The molecule has 2 aliphatic carbocycles. The highest BCUT2D eigenvalue weighted by molar-refractivity contribution is 8.14. The molecule has 2 N–H and O–H groups in total. The number of thioether (sulfide) groups is 1. The summed E-state index contributed by atoms with van der Waals surface area (Å²) in [5.41, 5.74) is 2.48. The number of amides is 2. The van der Waals surface area contributed by atoms with Crippen molar-refractivity contribution in [2.75, 3.05) is 12.8 Å². The fraction of sp³-hybridized carbons (Fsp3) is 0.833. The maximum absolute atomic E-state index is 13.2. The van der Waals surface area contributed by atoms with Crippen LogP contribution in [0.25, 0.3) is 0 Å². The first-order chi connectivity index (χ1) is 15.4. The number of Topliss-reactive ketones (excluding diaryl/α,β-unsaturated/α-hetero) is 1. The van der Waals surface area contributed by atoms with Gasteiger partial charge in [-0.15, -0.1) is 5.10 Å². The van der Waals surface area contributed by atoms with E-state index in [1.807, 2.05) is 7.05 Å². The molecule has 0 aromatic heterocycles. The molecule has 2 atom stereocenters. The normalized spacial score (nSPS) is 25.6. The van der Waals surface area contributed by atoms with Crippen LogP contribution in [-0.4, -0.2) is 52.5 Å². The smallest absolute Gasteiger partial charge is 0.309 e. The predicted molar refractivity (Wildman–Crippen MR) is 129 cm³/mol. The number of nitrogens with zero attached hydrogens (tertiary/aromatic N) is 2. The summed E-state index contributed by atoms with van der Waals surface area (Å²) in [7, 11) is 1.97. The molecule has 180 valence electrons. The van der Waals surface area contributed by atoms with E-state index in [1.54, 1.807) is 11.8 Å². The van der Waals surface area contributed by atoms with Gasteiger partial charge in [0.2, 0.25) is 11.7 Å². The van der Waals surface area contributed by atoms with Gasteiger partial charge < -0.3 is 10.2 Å². The predicted octanol–water partition coefficient (Wildman–Crippen LogP) is 3.68. The third kappa shape index (κ3) is 6.49. The molecule has 0 aromatic rings. The summed E-state index contributed by atoms with van der Waals surface area (Å²) in [6.07, 6.45) is 11.2. The largest absolute Gasteiger partial charge is 0.349 e. The Morgan fingerprint density at radius 3 is 2.16 bits per heavy atom. The number of rotatable bonds is 7. The molecule has 1 aliphatic heterocycles. The average molecular weight is 465 g/mol. The van der Waals surface area contributed by atoms with Gasteiger partial charge in [0.1, 0.15) is 6.04 Å². The number of carbonyl (C=O) groups excluding carboxylic acids is 3. The molecular weight excluding hydrogens is 424 g/mol. The van der Waals surface area contributed by atoms with E-state index in [-0.39, 0.29) is 17.7 Å². The van der Waals surface area contributed by atoms with Crippen LogP contribution < -0.4 is 10.7 Å². The van der Waals surface area contributed by atoms with Crippen LogP contribution in [0.3, 0.4) is 0 Å².